The fourth-order valence-corrected chi connectivity index (χ4v) is 1.86. The highest BCUT2D eigenvalue weighted by Crippen LogP contribution is 2.26. The topological polar surface area (TPSA) is 69.6 Å². The fourth-order valence-electron chi connectivity index (χ4n) is 1.86. The van der Waals surface area contributed by atoms with Crippen molar-refractivity contribution in [3.8, 4) is 11.5 Å². The average Bonchev–Trinajstić information content (AvgIpc) is 2.41. The molecule has 20 heavy (non-hydrogen) atoms. The minimum Gasteiger partial charge on any atom is -0.507 e. The summed E-state index contributed by atoms with van der Waals surface area (Å²) in [7, 11) is 0. The van der Waals surface area contributed by atoms with Gasteiger partial charge in [0.1, 0.15) is 11.5 Å². The lowest BCUT2D eigenvalue weighted by Gasteiger charge is -2.11. The fraction of sp³-hybridized carbons (Fsp3) is 0.188. The van der Waals surface area contributed by atoms with E-state index in [-0.39, 0.29) is 23.0 Å². The van der Waals surface area contributed by atoms with E-state index in [4.69, 9.17) is 0 Å². The number of phenols is 2. The highest BCUT2D eigenvalue weighted by molar-refractivity contribution is 6.06. The number of hydrogen-bond donors (Lipinski definition) is 3. The molecule has 3 N–H and O–H groups in total. The van der Waals surface area contributed by atoms with Gasteiger partial charge >= 0.3 is 0 Å². The Bertz CT molecular complexity index is 635. The maximum absolute atomic E-state index is 12.2. The third-order valence-electron chi connectivity index (χ3n) is 3.08. The molecule has 2 aromatic rings. The first-order valence-electron chi connectivity index (χ1n) is 6.41. The van der Waals surface area contributed by atoms with Crippen LogP contribution < -0.4 is 5.32 Å². The first kappa shape index (κ1) is 13.9. The minimum absolute atomic E-state index is 0.0136. The smallest absolute Gasteiger partial charge is 0.259 e. The van der Waals surface area contributed by atoms with E-state index in [9.17, 15) is 15.0 Å². The average molecular weight is 271 g/mol. The molecule has 1 amide bonds. The predicted molar refractivity (Wildman–Crippen MR) is 78.3 cm³/mol. The van der Waals surface area contributed by atoms with E-state index < -0.39 is 5.91 Å². The Morgan fingerprint density at radius 1 is 1.05 bits per heavy atom. The molecule has 2 rings (SSSR count). The molecule has 0 aromatic heterocycles. The molecule has 0 atom stereocenters. The van der Waals surface area contributed by atoms with Gasteiger partial charge in [-0.2, -0.15) is 0 Å². The summed E-state index contributed by atoms with van der Waals surface area (Å²) in [5.41, 5.74) is 1.47. The number of hydrogen-bond acceptors (Lipinski definition) is 3. The van der Waals surface area contributed by atoms with Crippen molar-refractivity contribution in [3.63, 3.8) is 0 Å². The second-order valence-electron chi connectivity index (χ2n) is 4.90. The van der Waals surface area contributed by atoms with Crippen LogP contribution >= 0.6 is 0 Å². The van der Waals surface area contributed by atoms with Crippen molar-refractivity contribution in [2.45, 2.75) is 19.8 Å². The van der Waals surface area contributed by atoms with Crippen molar-refractivity contribution in [1.29, 1.82) is 0 Å². The maximum atomic E-state index is 12.2. The molecular formula is C16H17NO3. The Hall–Kier alpha value is -2.49. The number of nitrogens with one attached hydrogen (secondary N) is 1. The SMILES string of the molecule is CC(C)c1ccc(O)c(C(=O)Nc2ccccc2O)c1. The first-order chi connectivity index (χ1) is 9.49. The molecule has 0 saturated carbocycles. The standard InChI is InChI=1S/C16H17NO3/c1-10(2)11-7-8-14(18)12(9-11)16(20)17-13-5-3-4-6-15(13)19/h3-10,18-19H,1-2H3,(H,17,20). The highest BCUT2D eigenvalue weighted by atomic mass is 16.3. The molecule has 104 valence electrons. The molecule has 4 heteroatoms. The Balaban J connectivity index is 2.30. The summed E-state index contributed by atoms with van der Waals surface area (Å²) in [4.78, 5) is 12.2. The van der Waals surface area contributed by atoms with E-state index >= 15 is 0 Å². The molecule has 0 unspecified atom stereocenters. The molecule has 0 radical (unpaired) electrons. The van der Waals surface area contributed by atoms with Crippen LogP contribution in [0.15, 0.2) is 42.5 Å². The van der Waals surface area contributed by atoms with Crippen molar-refractivity contribution >= 4 is 11.6 Å². The Kier molecular flexibility index (Phi) is 3.94. The number of carbonyl (C=O) groups is 1. The summed E-state index contributed by atoms with van der Waals surface area (Å²) < 4.78 is 0. The summed E-state index contributed by atoms with van der Waals surface area (Å²) in [5.74, 6) is -0.290. The Labute approximate surface area is 117 Å². The van der Waals surface area contributed by atoms with Crippen molar-refractivity contribution in [1.82, 2.24) is 0 Å². The molecule has 0 aliphatic rings. The van der Waals surface area contributed by atoms with Gasteiger partial charge < -0.3 is 15.5 Å². The summed E-state index contributed by atoms with van der Waals surface area (Å²) in [6.07, 6.45) is 0. The summed E-state index contributed by atoms with van der Waals surface area (Å²) in [6, 6.07) is 11.4. The number of carbonyl (C=O) groups excluding carboxylic acids is 1. The third kappa shape index (κ3) is 2.91. The van der Waals surface area contributed by atoms with E-state index in [0.29, 0.717) is 5.69 Å². The van der Waals surface area contributed by atoms with Gasteiger partial charge in [-0.25, -0.2) is 0 Å². The number of anilines is 1. The van der Waals surface area contributed by atoms with Crippen LogP contribution in [0.25, 0.3) is 0 Å². The molecule has 0 heterocycles. The van der Waals surface area contributed by atoms with Gasteiger partial charge in [-0.3, -0.25) is 4.79 Å². The number of rotatable bonds is 3. The van der Waals surface area contributed by atoms with Gasteiger partial charge in [0.2, 0.25) is 0 Å². The lowest BCUT2D eigenvalue weighted by Crippen LogP contribution is -2.12. The minimum atomic E-state index is -0.452. The predicted octanol–water partition coefficient (Wildman–Crippen LogP) is 3.47. The molecule has 4 nitrogen and oxygen atoms in total. The molecule has 0 spiro atoms. The summed E-state index contributed by atoms with van der Waals surface area (Å²) >= 11 is 0. The van der Waals surface area contributed by atoms with Crippen LogP contribution in [-0.2, 0) is 0 Å². The van der Waals surface area contributed by atoms with Gasteiger partial charge in [-0.05, 0) is 35.7 Å². The second-order valence-corrected chi connectivity index (χ2v) is 4.90. The molecule has 0 bridgehead atoms. The van der Waals surface area contributed by atoms with E-state index in [1.807, 2.05) is 13.8 Å². The molecular weight excluding hydrogens is 254 g/mol. The monoisotopic (exact) mass is 271 g/mol. The van der Waals surface area contributed by atoms with Crippen LogP contribution in [-0.4, -0.2) is 16.1 Å². The first-order valence-corrected chi connectivity index (χ1v) is 6.41. The lowest BCUT2D eigenvalue weighted by molar-refractivity contribution is 0.102. The zero-order chi connectivity index (χ0) is 14.7. The van der Waals surface area contributed by atoms with Crippen LogP contribution in [0.5, 0.6) is 11.5 Å². The Morgan fingerprint density at radius 2 is 1.75 bits per heavy atom. The number of benzene rings is 2. The van der Waals surface area contributed by atoms with Gasteiger partial charge in [0, 0.05) is 0 Å². The molecule has 0 fully saturated rings. The van der Waals surface area contributed by atoms with Crippen molar-refractivity contribution in [2.24, 2.45) is 0 Å². The quantitative estimate of drug-likeness (QED) is 0.749. The molecule has 0 aliphatic carbocycles. The van der Waals surface area contributed by atoms with E-state index in [0.717, 1.165) is 5.56 Å². The Morgan fingerprint density at radius 3 is 2.40 bits per heavy atom. The second kappa shape index (κ2) is 5.65. The van der Waals surface area contributed by atoms with Gasteiger partial charge in [0.05, 0.1) is 11.3 Å². The van der Waals surface area contributed by atoms with Gasteiger partial charge in [0.15, 0.2) is 0 Å². The van der Waals surface area contributed by atoms with Gasteiger partial charge in [0.25, 0.3) is 5.91 Å². The third-order valence-corrected chi connectivity index (χ3v) is 3.08. The van der Waals surface area contributed by atoms with Crippen LogP contribution in [0.1, 0.15) is 35.7 Å². The van der Waals surface area contributed by atoms with Crippen molar-refractivity contribution in [3.05, 3.63) is 53.6 Å². The zero-order valence-electron chi connectivity index (χ0n) is 11.4. The van der Waals surface area contributed by atoms with Gasteiger partial charge in [-0.15, -0.1) is 0 Å². The van der Waals surface area contributed by atoms with E-state index in [1.54, 1.807) is 30.3 Å². The van der Waals surface area contributed by atoms with Crippen LogP contribution in [0, 0.1) is 0 Å². The van der Waals surface area contributed by atoms with Crippen molar-refractivity contribution < 1.29 is 15.0 Å². The number of aromatic hydroxyl groups is 2. The lowest BCUT2D eigenvalue weighted by atomic mass is 10.00. The number of para-hydroxylation sites is 2. The van der Waals surface area contributed by atoms with Crippen LogP contribution in [0.2, 0.25) is 0 Å². The number of phenolic OH excluding ortho intramolecular Hbond substituents is 2. The zero-order valence-corrected chi connectivity index (χ0v) is 11.4. The van der Waals surface area contributed by atoms with Crippen LogP contribution in [0.4, 0.5) is 5.69 Å². The molecule has 0 aliphatic heterocycles. The van der Waals surface area contributed by atoms with E-state index in [1.165, 1.54) is 12.1 Å². The van der Waals surface area contributed by atoms with Gasteiger partial charge in [-0.1, -0.05) is 32.0 Å². The van der Waals surface area contributed by atoms with Crippen molar-refractivity contribution in [2.75, 3.05) is 5.32 Å². The normalized spacial score (nSPS) is 10.6. The molecule has 0 saturated heterocycles. The summed E-state index contributed by atoms with van der Waals surface area (Å²) in [5, 5.41) is 22.0. The van der Waals surface area contributed by atoms with E-state index in [2.05, 4.69) is 5.32 Å². The highest BCUT2D eigenvalue weighted by Gasteiger charge is 2.14. The number of amides is 1. The maximum Gasteiger partial charge on any atom is 0.259 e. The van der Waals surface area contributed by atoms with Crippen LogP contribution in [0.3, 0.4) is 0 Å². The summed E-state index contributed by atoms with van der Waals surface area (Å²) in [6.45, 7) is 4.02. The molecule has 2 aromatic carbocycles. The largest absolute Gasteiger partial charge is 0.507 e.